The Balaban J connectivity index is 1.57. The summed E-state index contributed by atoms with van der Waals surface area (Å²) in [7, 11) is 1.62. The lowest BCUT2D eigenvalue weighted by atomic mass is 10.2. The minimum absolute atomic E-state index is 0.245. The third kappa shape index (κ3) is 3.98. The second kappa shape index (κ2) is 7.41. The van der Waals surface area contributed by atoms with Crippen molar-refractivity contribution in [2.24, 2.45) is 0 Å². The molecule has 1 amide bonds. The highest BCUT2D eigenvalue weighted by Gasteiger charge is 2.10. The van der Waals surface area contributed by atoms with Crippen LogP contribution in [0.2, 0.25) is 0 Å². The average molecular weight is 322 g/mol. The summed E-state index contributed by atoms with van der Waals surface area (Å²) in [5.41, 5.74) is 2.40. The number of hydrogen-bond donors (Lipinski definition) is 1. The molecule has 0 saturated carbocycles. The van der Waals surface area contributed by atoms with E-state index in [-0.39, 0.29) is 5.91 Å². The summed E-state index contributed by atoms with van der Waals surface area (Å²) in [5.74, 6) is 0.541. The van der Waals surface area contributed by atoms with E-state index in [0.29, 0.717) is 18.8 Å². The van der Waals surface area contributed by atoms with Gasteiger partial charge in [0.2, 0.25) is 0 Å². The first-order chi connectivity index (χ1) is 11.7. The molecule has 0 radical (unpaired) electrons. The molecule has 1 aromatic heterocycles. The zero-order chi connectivity index (χ0) is 16.8. The number of methoxy groups -OCH3 is 1. The van der Waals surface area contributed by atoms with Crippen LogP contribution in [-0.2, 0) is 13.1 Å². The van der Waals surface area contributed by atoms with E-state index in [2.05, 4.69) is 15.6 Å². The molecule has 0 aliphatic carbocycles. The van der Waals surface area contributed by atoms with E-state index in [9.17, 15) is 4.79 Å². The molecular weight excluding hydrogens is 304 g/mol. The smallest absolute Gasteiger partial charge is 0.273 e. The first-order valence-corrected chi connectivity index (χ1v) is 7.60. The van der Waals surface area contributed by atoms with Crippen molar-refractivity contribution in [1.82, 2.24) is 20.3 Å². The van der Waals surface area contributed by atoms with Crippen molar-refractivity contribution in [2.45, 2.75) is 13.1 Å². The van der Waals surface area contributed by atoms with Gasteiger partial charge in [0, 0.05) is 6.54 Å². The molecule has 0 fully saturated rings. The summed E-state index contributed by atoms with van der Waals surface area (Å²) in [4.78, 5) is 12.2. The van der Waals surface area contributed by atoms with E-state index < -0.39 is 0 Å². The number of amides is 1. The van der Waals surface area contributed by atoms with Crippen LogP contribution in [0.5, 0.6) is 5.75 Å². The number of carbonyl (C=O) groups is 1. The van der Waals surface area contributed by atoms with Crippen LogP contribution in [0.25, 0.3) is 0 Å². The average Bonchev–Trinajstić information content (AvgIpc) is 3.09. The Bertz CT molecular complexity index is 797. The van der Waals surface area contributed by atoms with Crippen LogP contribution >= 0.6 is 0 Å². The molecule has 3 rings (SSSR count). The van der Waals surface area contributed by atoms with Crippen LogP contribution in [-0.4, -0.2) is 28.0 Å². The number of nitrogens with zero attached hydrogens (tertiary/aromatic N) is 3. The van der Waals surface area contributed by atoms with Gasteiger partial charge in [0.05, 0.1) is 19.9 Å². The van der Waals surface area contributed by atoms with Crippen LogP contribution in [0.15, 0.2) is 60.8 Å². The van der Waals surface area contributed by atoms with Crippen LogP contribution in [0.4, 0.5) is 0 Å². The second-order valence-electron chi connectivity index (χ2n) is 5.32. The van der Waals surface area contributed by atoms with Gasteiger partial charge in [-0.05, 0) is 23.3 Å². The zero-order valence-corrected chi connectivity index (χ0v) is 13.3. The SMILES string of the molecule is COc1ccc(CNC(=O)c2cn(Cc3ccccc3)nn2)cc1. The maximum Gasteiger partial charge on any atom is 0.273 e. The van der Waals surface area contributed by atoms with E-state index in [0.717, 1.165) is 16.9 Å². The second-order valence-corrected chi connectivity index (χ2v) is 5.32. The van der Waals surface area contributed by atoms with Gasteiger partial charge in [-0.3, -0.25) is 4.79 Å². The largest absolute Gasteiger partial charge is 0.497 e. The van der Waals surface area contributed by atoms with E-state index in [1.807, 2.05) is 54.6 Å². The molecule has 6 nitrogen and oxygen atoms in total. The molecule has 1 heterocycles. The van der Waals surface area contributed by atoms with Crippen LogP contribution in [0, 0.1) is 0 Å². The fraction of sp³-hybridized carbons (Fsp3) is 0.167. The molecule has 3 aromatic rings. The van der Waals surface area contributed by atoms with E-state index >= 15 is 0 Å². The first kappa shape index (κ1) is 15.7. The van der Waals surface area contributed by atoms with Crippen molar-refractivity contribution in [1.29, 1.82) is 0 Å². The van der Waals surface area contributed by atoms with Gasteiger partial charge in [-0.25, -0.2) is 4.68 Å². The molecule has 0 unspecified atom stereocenters. The highest BCUT2D eigenvalue weighted by Crippen LogP contribution is 2.11. The van der Waals surface area contributed by atoms with Gasteiger partial charge in [0.25, 0.3) is 5.91 Å². The summed E-state index contributed by atoms with van der Waals surface area (Å²) < 4.78 is 6.76. The van der Waals surface area contributed by atoms with Gasteiger partial charge in [-0.2, -0.15) is 0 Å². The number of hydrogen-bond acceptors (Lipinski definition) is 4. The van der Waals surface area contributed by atoms with Crippen molar-refractivity contribution >= 4 is 5.91 Å². The van der Waals surface area contributed by atoms with Gasteiger partial charge < -0.3 is 10.1 Å². The Labute approximate surface area is 140 Å². The fourth-order valence-corrected chi connectivity index (χ4v) is 2.27. The molecule has 0 aliphatic rings. The van der Waals surface area contributed by atoms with Crippen molar-refractivity contribution in [3.8, 4) is 5.75 Å². The summed E-state index contributed by atoms with van der Waals surface area (Å²) in [6.07, 6.45) is 1.65. The highest BCUT2D eigenvalue weighted by atomic mass is 16.5. The van der Waals surface area contributed by atoms with Crippen molar-refractivity contribution < 1.29 is 9.53 Å². The maximum atomic E-state index is 12.2. The van der Waals surface area contributed by atoms with Gasteiger partial charge in [-0.1, -0.05) is 47.7 Å². The maximum absolute atomic E-state index is 12.2. The highest BCUT2D eigenvalue weighted by molar-refractivity contribution is 5.91. The van der Waals surface area contributed by atoms with Crippen LogP contribution in [0.1, 0.15) is 21.6 Å². The summed E-state index contributed by atoms with van der Waals surface area (Å²) in [6.45, 7) is 1.01. The number of nitrogens with one attached hydrogen (secondary N) is 1. The summed E-state index contributed by atoms with van der Waals surface area (Å²) in [6, 6.07) is 17.4. The fourth-order valence-electron chi connectivity index (χ4n) is 2.27. The lowest BCUT2D eigenvalue weighted by Crippen LogP contribution is -2.23. The standard InChI is InChI=1S/C18H18N4O2/c1-24-16-9-7-14(8-10-16)11-19-18(23)17-13-22(21-20-17)12-15-5-3-2-4-6-15/h2-10,13H,11-12H2,1H3,(H,19,23). The first-order valence-electron chi connectivity index (χ1n) is 7.60. The number of aromatic nitrogens is 3. The minimum Gasteiger partial charge on any atom is -0.497 e. The number of rotatable bonds is 6. The molecule has 0 saturated heterocycles. The topological polar surface area (TPSA) is 69.0 Å². The molecule has 6 heteroatoms. The monoisotopic (exact) mass is 322 g/mol. The molecule has 0 atom stereocenters. The molecule has 0 aliphatic heterocycles. The summed E-state index contributed by atoms with van der Waals surface area (Å²) in [5, 5.41) is 10.8. The van der Waals surface area contributed by atoms with Gasteiger partial charge in [0.15, 0.2) is 5.69 Å². The third-order valence-corrected chi connectivity index (χ3v) is 3.57. The van der Waals surface area contributed by atoms with Crippen molar-refractivity contribution in [3.63, 3.8) is 0 Å². The minimum atomic E-state index is -0.245. The quantitative estimate of drug-likeness (QED) is 0.756. The Morgan fingerprint density at radius 3 is 2.54 bits per heavy atom. The number of carbonyl (C=O) groups excluding carboxylic acids is 1. The van der Waals surface area contributed by atoms with E-state index in [1.165, 1.54) is 0 Å². The lowest BCUT2D eigenvalue weighted by molar-refractivity contribution is 0.0946. The Hall–Kier alpha value is -3.15. The molecule has 1 N–H and O–H groups in total. The van der Waals surface area contributed by atoms with Gasteiger partial charge >= 0.3 is 0 Å². The molecule has 0 spiro atoms. The molecule has 2 aromatic carbocycles. The molecule has 24 heavy (non-hydrogen) atoms. The van der Waals surface area contributed by atoms with Crippen molar-refractivity contribution in [3.05, 3.63) is 77.6 Å². The lowest BCUT2D eigenvalue weighted by Gasteiger charge is -2.04. The molecular formula is C18H18N4O2. The predicted molar refractivity (Wildman–Crippen MR) is 89.7 cm³/mol. The third-order valence-electron chi connectivity index (χ3n) is 3.57. The normalized spacial score (nSPS) is 10.4. The number of ether oxygens (including phenoxy) is 1. The van der Waals surface area contributed by atoms with Crippen LogP contribution < -0.4 is 10.1 Å². The van der Waals surface area contributed by atoms with Gasteiger partial charge in [-0.15, -0.1) is 5.10 Å². The molecule has 122 valence electrons. The van der Waals surface area contributed by atoms with Crippen LogP contribution in [0.3, 0.4) is 0 Å². The van der Waals surface area contributed by atoms with E-state index in [4.69, 9.17) is 4.74 Å². The van der Waals surface area contributed by atoms with E-state index in [1.54, 1.807) is 18.0 Å². The Kier molecular flexibility index (Phi) is 4.86. The van der Waals surface area contributed by atoms with Gasteiger partial charge in [0.1, 0.15) is 5.75 Å². The Morgan fingerprint density at radius 1 is 1.08 bits per heavy atom. The predicted octanol–water partition coefficient (Wildman–Crippen LogP) is 2.26. The number of benzene rings is 2. The summed E-state index contributed by atoms with van der Waals surface area (Å²) >= 11 is 0. The molecule has 0 bridgehead atoms. The van der Waals surface area contributed by atoms with Crippen molar-refractivity contribution in [2.75, 3.05) is 7.11 Å². The Morgan fingerprint density at radius 2 is 1.83 bits per heavy atom. The zero-order valence-electron chi connectivity index (χ0n) is 13.3.